The van der Waals surface area contributed by atoms with Crippen LogP contribution in [0.3, 0.4) is 0 Å². The molecule has 30 heavy (non-hydrogen) atoms. The number of urea groups is 1. The molecular weight excluding hydrogens is 389 g/mol. The molecule has 0 aliphatic carbocycles. The minimum absolute atomic E-state index is 0.00624. The van der Waals surface area contributed by atoms with E-state index in [1.54, 1.807) is 25.1 Å². The molecule has 8 heteroatoms. The third-order valence-corrected chi connectivity index (χ3v) is 5.11. The van der Waals surface area contributed by atoms with Crippen molar-refractivity contribution in [2.45, 2.75) is 34.2 Å². The van der Waals surface area contributed by atoms with Crippen molar-refractivity contribution in [1.29, 1.82) is 0 Å². The Labute approximate surface area is 174 Å². The predicted molar refractivity (Wildman–Crippen MR) is 107 cm³/mol. The Hall–Kier alpha value is -3.29. The first kappa shape index (κ1) is 21.4. The Morgan fingerprint density at radius 3 is 2.20 bits per heavy atom. The summed E-state index contributed by atoms with van der Waals surface area (Å²) in [6.07, 6.45) is 0. The SMILES string of the molecule is Cc1cc(C(=O)CN2C(=O)C(=O)N(CC(C)C)C2=O)c(C)n1Cc1ccc(F)cc1. The van der Waals surface area contributed by atoms with Gasteiger partial charge in [0.05, 0.1) is 6.54 Å². The minimum Gasteiger partial charge on any atom is -0.344 e. The molecular formula is C22H24FN3O4. The zero-order valence-electron chi connectivity index (χ0n) is 17.4. The predicted octanol–water partition coefficient (Wildman–Crippen LogP) is 2.92. The molecule has 0 saturated carbocycles. The molecule has 1 aromatic heterocycles. The highest BCUT2D eigenvalue weighted by molar-refractivity contribution is 6.45. The number of ketones is 1. The number of hydrogen-bond acceptors (Lipinski definition) is 4. The Balaban J connectivity index is 1.79. The van der Waals surface area contributed by atoms with E-state index >= 15 is 0 Å². The van der Waals surface area contributed by atoms with Crippen LogP contribution in [0.25, 0.3) is 0 Å². The molecule has 2 heterocycles. The first-order chi connectivity index (χ1) is 14.1. The number of rotatable bonds is 7. The van der Waals surface area contributed by atoms with Crippen molar-refractivity contribution in [3.8, 4) is 0 Å². The van der Waals surface area contributed by atoms with Crippen LogP contribution in [0.5, 0.6) is 0 Å². The zero-order valence-corrected chi connectivity index (χ0v) is 17.4. The van der Waals surface area contributed by atoms with Crippen molar-refractivity contribution in [2.75, 3.05) is 13.1 Å². The van der Waals surface area contributed by atoms with Crippen LogP contribution >= 0.6 is 0 Å². The summed E-state index contributed by atoms with van der Waals surface area (Å²) < 4.78 is 15.0. The normalized spacial score (nSPS) is 14.4. The van der Waals surface area contributed by atoms with E-state index < -0.39 is 30.2 Å². The lowest BCUT2D eigenvalue weighted by atomic mass is 10.1. The molecule has 0 bridgehead atoms. The fourth-order valence-corrected chi connectivity index (χ4v) is 3.54. The van der Waals surface area contributed by atoms with E-state index in [0.717, 1.165) is 16.2 Å². The quantitative estimate of drug-likeness (QED) is 0.397. The highest BCUT2D eigenvalue weighted by atomic mass is 19.1. The van der Waals surface area contributed by atoms with Crippen LogP contribution in [-0.4, -0.2) is 51.1 Å². The van der Waals surface area contributed by atoms with E-state index in [1.165, 1.54) is 12.1 Å². The second-order valence-electron chi connectivity index (χ2n) is 7.90. The lowest BCUT2D eigenvalue weighted by molar-refractivity contribution is -0.143. The van der Waals surface area contributed by atoms with Gasteiger partial charge in [-0.3, -0.25) is 19.3 Å². The summed E-state index contributed by atoms with van der Waals surface area (Å²) >= 11 is 0. The van der Waals surface area contributed by atoms with Crippen LogP contribution in [-0.2, 0) is 16.1 Å². The summed E-state index contributed by atoms with van der Waals surface area (Å²) in [5.41, 5.74) is 2.74. The van der Waals surface area contributed by atoms with Crippen LogP contribution in [0.1, 0.15) is 41.2 Å². The van der Waals surface area contributed by atoms with Gasteiger partial charge in [-0.05, 0) is 43.5 Å². The molecule has 3 rings (SSSR count). The van der Waals surface area contributed by atoms with Gasteiger partial charge in [-0.2, -0.15) is 0 Å². The van der Waals surface area contributed by atoms with Crippen molar-refractivity contribution >= 4 is 23.6 Å². The van der Waals surface area contributed by atoms with Gasteiger partial charge in [0.25, 0.3) is 0 Å². The van der Waals surface area contributed by atoms with Crippen LogP contribution in [0.15, 0.2) is 30.3 Å². The van der Waals surface area contributed by atoms with Crippen molar-refractivity contribution < 1.29 is 23.6 Å². The van der Waals surface area contributed by atoms with Gasteiger partial charge < -0.3 is 4.57 Å². The number of Topliss-reactive ketones (excluding diaryl/α,β-unsaturated/α-hetero) is 1. The van der Waals surface area contributed by atoms with Gasteiger partial charge >= 0.3 is 17.8 Å². The first-order valence-corrected chi connectivity index (χ1v) is 9.71. The van der Waals surface area contributed by atoms with Gasteiger partial charge in [-0.1, -0.05) is 26.0 Å². The van der Waals surface area contributed by atoms with E-state index in [1.807, 2.05) is 25.3 Å². The van der Waals surface area contributed by atoms with E-state index in [2.05, 4.69) is 0 Å². The van der Waals surface area contributed by atoms with Gasteiger partial charge in [0.2, 0.25) is 0 Å². The molecule has 0 atom stereocenters. The Morgan fingerprint density at radius 2 is 1.60 bits per heavy atom. The van der Waals surface area contributed by atoms with Gasteiger partial charge in [0.1, 0.15) is 5.82 Å². The van der Waals surface area contributed by atoms with Gasteiger partial charge in [0.15, 0.2) is 5.78 Å². The number of amides is 4. The standard InChI is InChI=1S/C22H24FN3O4/c1-13(2)10-25-20(28)21(29)26(22(25)30)12-19(27)18-9-14(3)24(15(18)4)11-16-5-7-17(23)8-6-16/h5-9,13H,10-12H2,1-4H3. The van der Waals surface area contributed by atoms with Crippen molar-refractivity contribution in [3.05, 3.63) is 58.7 Å². The Bertz CT molecular complexity index is 1020. The Kier molecular flexibility index (Phi) is 5.87. The number of carbonyl (C=O) groups is 4. The lowest BCUT2D eigenvalue weighted by Gasteiger charge is -2.16. The van der Waals surface area contributed by atoms with Crippen LogP contribution in [0.2, 0.25) is 0 Å². The average Bonchev–Trinajstić information content (AvgIpc) is 3.07. The van der Waals surface area contributed by atoms with Crippen LogP contribution in [0, 0.1) is 25.6 Å². The minimum atomic E-state index is -0.978. The summed E-state index contributed by atoms with van der Waals surface area (Å²) in [5.74, 6) is -2.62. The third-order valence-electron chi connectivity index (χ3n) is 5.11. The number of hydrogen-bond donors (Lipinski definition) is 0. The highest BCUT2D eigenvalue weighted by Gasteiger charge is 2.45. The summed E-state index contributed by atoms with van der Waals surface area (Å²) in [6.45, 7) is 7.36. The number of halogens is 1. The zero-order chi connectivity index (χ0) is 22.2. The summed E-state index contributed by atoms with van der Waals surface area (Å²) in [6, 6.07) is 7.03. The molecule has 4 amide bonds. The maximum Gasteiger partial charge on any atom is 0.334 e. The summed E-state index contributed by atoms with van der Waals surface area (Å²) in [5, 5.41) is 0. The van der Waals surface area contributed by atoms with E-state index in [0.29, 0.717) is 22.7 Å². The monoisotopic (exact) mass is 413 g/mol. The number of carbonyl (C=O) groups excluding carboxylic acids is 4. The van der Waals surface area contributed by atoms with E-state index in [9.17, 15) is 23.6 Å². The second kappa shape index (κ2) is 8.22. The third kappa shape index (κ3) is 4.03. The highest BCUT2D eigenvalue weighted by Crippen LogP contribution is 2.20. The Morgan fingerprint density at radius 1 is 1.00 bits per heavy atom. The molecule has 0 unspecified atom stereocenters. The van der Waals surface area contributed by atoms with Gasteiger partial charge in [-0.15, -0.1) is 0 Å². The van der Waals surface area contributed by atoms with Crippen molar-refractivity contribution in [2.24, 2.45) is 5.92 Å². The molecule has 0 spiro atoms. The fourth-order valence-electron chi connectivity index (χ4n) is 3.54. The molecule has 2 aromatic rings. The maximum atomic E-state index is 13.1. The van der Waals surface area contributed by atoms with E-state index in [4.69, 9.17) is 0 Å². The van der Waals surface area contributed by atoms with Crippen molar-refractivity contribution in [3.63, 3.8) is 0 Å². The average molecular weight is 413 g/mol. The van der Waals surface area contributed by atoms with Crippen LogP contribution in [0.4, 0.5) is 9.18 Å². The molecule has 158 valence electrons. The molecule has 1 aliphatic rings. The smallest absolute Gasteiger partial charge is 0.334 e. The van der Waals surface area contributed by atoms with Gasteiger partial charge in [-0.25, -0.2) is 14.1 Å². The topological polar surface area (TPSA) is 79.7 Å². The summed E-state index contributed by atoms with van der Waals surface area (Å²) in [4.78, 5) is 51.3. The maximum absolute atomic E-state index is 13.1. The van der Waals surface area contributed by atoms with Crippen molar-refractivity contribution in [1.82, 2.24) is 14.4 Å². The molecule has 0 N–H and O–H groups in total. The number of imide groups is 2. The van der Waals surface area contributed by atoms with E-state index in [-0.39, 0.29) is 18.3 Å². The summed E-state index contributed by atoms with van der Waals surface area (Å²) in [7, 11) is 0. The first-order valence-electron chi connectivity index (χ1n) is 9.71. The molecule has 1 aromatic carbocycles. The molecule has 0 radical (unpaired) electrons. The lowest BCUT2D eigenvalue weighted by Crippen LogP contribution is -2.38. The van der Waals surface area contributed by atoms with Crippen LogP contribution < -0.4 is 0 Å². The largest absolute Gasteiger partial charge is 0.344 e. The molecule has 1 fully saturated rings. The fraction of sp³-hybridized carbons (Fsp3) is 0.364. The second-order valence-corrected chi connectivity index (χ2v) is 7.90. The van der Waals surface area contributed by atoms with Gasteiger partial charge in [0, 0.05) is 30.0 Å². The molecule has 7 nitrogen and oxygen atoms in total. The number of nitrogens with zero attached hydrogens (tertiary/aromatic N) is 3. The number of benzene rings is 1. The molecule has 1 aliphatic heterocycles. The molecule has 1 saturated heterocycles. The number of aromatic nitrogens is 1. The number of aryl methyl sites for hydroxylation is 1.